The maximum absolute atomic E-state index is 5.39. The van der Waals surface area contributed by atoms with Gasteiger partial charge in [-0.25, -0.2) is 0 Å². The number of benzene rings is 1. The highest BCUT2D eigenvalue weighted by atomic mass is 32.1. The first-order valence-corrected chi connectivity index (χ1v) is 5.77. The summed E-state index contributed by atoms with van der Waals surface area (Å²) in [5, 5.41) is 9.36. The van der Waals surface area contributed by atoms with Crippen LogP contribution in [0, 0.1) is 0 Å². The highest BCUT2D eigenvalue weighted by Gasteiger charge is 2.26. The van der Waals surface area contributed by atoms with Gasteiger partial charge in [-0.2, -0.15) is 0 Å². The molecule has 78 valence electrons. The van der Waals surface area contributed by atoms with E-state index in [-0.39, 0.29) is 0 Å². The van der Waals surface area contributed by atoms with E-state index in [2.05, 4.69) is 10.2 Å². The molecule has 15 heavy (non-hydrogen) atoms. The Labute approximate surface area is 93.0 Å². The highest BCUT2D eigenvalue weighted by molar-refractivity contribution is 7.15. The van der Waals surface area contributed by atoms with Gasteiger partial charge in [-0.05, 0) is 12.8 Å². The first-order valence-electron chi connectivity index (χ1n) is 4.95. The quantitative estimate of drug-likeness (QED) is 0.802. The molecule has 1 saturated carbocycles. The molecule has 3 rings (SSSR count). The van der Waals surface area contributed by atoms with Crippen molar-refractivity contribution in [2.45, 2.75) is 18.8 Å². The lowest BCUT2D eigenvalue weighted by Gasteiger charge is -1.78. The van der Waals surface area contributed by atoms with Crippen molar-refractivity contribution in [1.82, 2.24) is 10.2 Å². The molecule has 0 saturated heterocycles. The van der Waals surface area contributed by atoms with E-state index in [1.54, 1.807) is 0 Å². The Balaban J connectivity index is 0.000000124. The van der Waals surface area contributed by atoms with Crippen LogP contribution in [0.4, 0.5) is 5.13 Å². The molecule has 0 aliphatic heterocycles. The van der Waals surface area contributed by atoms with Gasteiger partial charge in [0, 0.05) is 5.92 Å². The summed E-state index contributed by atoms with van der Waals surface area (Å²) in [7, 11) is 0. The van der Waals surface area contributed by atoms with Gasteiger partial charge in [-0.1, -0.05) is 47.7 Å². The van der Waals surface area contributed by atoms with Crippen LogP contribution in [-0.4, -0.2) is 10.2 Å². The van der Waals surface area contributed by atoms with Gasteiger partial charge < -0.3 is 5.73 Å². The summed E-state index contributed by atoms with van der Waals surface area (Å²) in [5.41, 5.74) is 5.39. The van der Waals surface area contributed by atoms with Crippen LogP contribution in [0.15, 0.2) is 36.4 Å². The Morgan fingerprint density at radius 1 is 1.00 bits per heavy atom. The summed E-state index contributed by atoms with van der Waals surface area (Å²) < 4.78 is 0. The molecule has 2 N–H and O–H groups in total. The Hall–Kier alpha value is -1.42. The van der Waals surface area contributed by atoms with Gasteiger partial charge >= 0.3 is 0 Å². The molecule has 4 heteroatoms. The second kappa shape index (κ2) is 4.89. The van der Waals surface area contributed by atoms with E-state index >= 15 is 0 Å². The van der Waals surface area contributed by atoms with Crippen LogP contribution in [0.25, 0.3) is 0 Å². The van der Waals surface area contributed by atoms with Gasteiger partial charge in [0.05, 0.1) is 0 Å². The SMILES string of the molecule is Nc1nnc(C2CC2)s1.c1ccccc1. The zero-order chi connectivity index (χ0) is 10.5. The van der Waals surface area contributed by atoms with Crippen LogP contribution in [0.3, 0.4) is 0 Å². The van der Waals surface area contributed by atoms with Crippen molar-refractivity contribution in [2.75, 3.05) is 5.73 Å². The van der Waals surface area contributed by atoms with E-state index in [9.17, 15) is 0 Å². The van der Waals surface area contributed by atoms with Crippen molar-refractivity contribution in [3.05, 3.63) is 41.4 Å². The normalized spacial score (nSPS) is 14.1. The fraction of sp³-hybridized carbons (Fsp3) is 0.273. The Morgan fingerprint density at radius 3 is 1.87 bits per heavy atom. The molecule has 0 bridgehead atoms. The molecule has 0 unspecified atom stereocenters. The van der Waals surface area contributed by atoms with Crippen LogP contribution < -0.4 is 5.73 Å². The van der Waals surface area contributed by atoms with Gasteiger partial charge in [0.1, 0.15) is 5.01 Å². The lowest BCUT2D eigenvalue weighted by Crippen LogP contribution is -1.80. The molecule has 1 aromatic heterocycles. The van der Waals surface area contributed by atoms with E-state index in [0.29, 0.717) is 11.0 Å². The molecule has 1 aliphatic carbocycles. The number of hydrogen-bond acceptors (Lipinski definition) is 4. The van der Waals surface area contributed by atoms with Crippen LogP contribution in [0.5, 0.6) is 0 Å². The minimum absolute atomic E-state index is 0.594. The molecule has 0 atom stereocenters. The van der Waals surface area contributed by atoms with Crippen molar-refractivity contribution in [3.8, 4) is 0 Å². The van der Waals surface area contributed by atoms with Gasteiger partial charge in [0.15, 0.2) is 0 Å². The Kier molecular flexibility index (Phi) is 3.29. The van der Waals surface area contributed by atoms with Crippen LogP contribution in [-0.2, 0) is 0 Å². The number of anilines is 1. The van der Waals surface area contributed by atoms with Gasteiger partial charge in [0.25, 0.3) is 0 Å². The standard InChI is InChI=1S/C6H6.C5H7N3S/c1-2-4-6-5-3-1;6-5-8-7-4(9-5)3-1-2-3/h1-6H;3H,1-2H2,(H2,6,8). The van der Waals surface area contributed by atoms with Crippen molar-refractivity contribution in [3.63, 3.8) is 0 Å². The van der Waals surface area contributed by atoms with Gasteiger partial charge in [-0.15, -0.1) is 10.2 Å². The largest absolute Gasteiger partial charge is 0.374 e. The summed E-state index contributed by atoms with van der Waals surface area (Å²) in [6.45, 7) is 0. The van der Waals surface area contributed by atoms with Gasteiger partial charge in [-0.3, -0.25) is 0 Å². The molecule has 1 aliphatic rings. The first kappa shape index (κ1) is 10.1. The van der Waals surface area contributed by atoms with Crippen molar-refractivity contribution < 1.29 is 0 Å². The minimum atomic E-state index is 0.594. The molecule has 0 radical (unpaired) electrons. The molecule has 1 aromatic carbocycles. The smallest absolute Gasteiger partial charge is 0.203 e. The Morgan fingerprint density at radius 2 is 1.53 bits per heavy atom. The van der Waals surface area contributed by atoms with Gasteiger partial charge in [0.2, 0.25) is 5.13 Å². The number of aromatic nitrogens is 2. The minimum Gasteiger partial charge on any atom is -0.374 e. The molecule has 1 fully saturated rings. The summed E-state index contributed by atoms with van der Waals surface area (Å²) in [4.78, 5) is 0. The lowest BCUT2D eigenvalue weighted by atomic mass is 10.4. The third kappa shape index (κ3) is 3.32. The number of nitrogens with zero attached hydrogens (tertiary/aromatic N) is 2. The van der Waals surface area contributed by atoms with E-state index < -0.39 is 0 Å². The first-order chi connectivity index (χ1) is 7.36. The van der Waals surface area contributed by atoms with E-state index in [1.807, 2.05) is 36.4 Å². The predicted molar refractivity (Wildman–Crippen MR) is 62.7 cm³/mol. The lowest BCUT2D eigenvalue weighted by molar-refractivity contribution is 0.979. The third-order valence-electron chi connectivity index (χ3n) is 2.05. The monoisotopic (exact) mass is 219 g/mol. The zero-order valence-corrected chi connectivity index (χ0v) is 9.15. The van der Waals surface area contributed by atoms with Crippen molar-refractivity contribution in [2.24, 2.45) is 0 Å². The van der Waals surface area contributed by atoms with E-state index in [4.69, 9.17) is 5.73 Å². The second-order valence-electron chi connectivity index (χ2n) is 3.41. The van der Waals surface area contributed by atoms with E-state index in [1.165, 1.54) is 24.2 Å². The molecule has 0 spiro atoms. The number of nitrogen functional groups attached to an aromatic ring is 1. The third-order valence-corrected chi connectivity index (χ3v) is 2.96. The van der Waals surface area contributed by atoms with Crippen molar-refractivity contribution >= 4 is 16.5 Å². The fourth-order valence-electron chi connectivity index (χ4n) is 1.13. The molecule has 1 heterocycles. The predicted octanol–water partition coefficient (Wildman–Crippen LogP) is 2.68. The topological polar surface area (TPSA) is 51.8 Å². The summed E-state index contributed by atoms with van der Waals surface area (Å²) in [6.07, 6.45) is 2.54. The number of hydrogen-bond donors (Lipinski definition) is 1. The molecular weight excluding hydrogens is 206 g/mol. The fourth-order valence-corrected chi connectivity index (χ4v) is 1.91. The maximum atomic E-state index is 5.39. The zero-order valence-electron chi connectivity index (χ0n) is 8.34. The molecule has 0 amide bonds. The van der Waals surface area contributed by atoms with Crippen molar-refractivity contribution in [1.29, 1.82) is 0 Å². The molecule has 2 aromatic rings. The van der Waals surface area contributed by atoms with E-state index in [0.717, 1.165) is 5.01 Å². The maximum Gasteiger partial charge on any atom is 0.203 e. The second-order valence-corrected chi connectivity index (χ2v) is 4.45. The molecular formula is C11H13N3S. The van der Waals surface area contributed by atoms with Crippen LogP contribution >= 0.6 is 11.3 Å². The number of nitrogens with two attached hydrogens (primary N) is 1. The van der Waals surface area contributed by atoms with Crippen LogP contribution in [0.2, 0.25) is 0 Å². The molecule has 3 nitrogen and oxygen atoms in total. The average Bonchev–Trinajstić information content (AvgIpc) is 3.05. The summed E-state index contributed by atoms with van der Waals surface area (Å²) >= 11 is 1.51. The number of rotatable bonds is 1. The average molecular weight is 219 g/mol. The summed E-state index contributed by atoms with van der Waals surface area (Å²) in [6, 6.07) is 12.0. The van der Waals surface area contributed by atoms with Crippen LogP contribution in [0.1, 0.15) is 23.8 Å². The summed E-state index contributed by atoms with van der Waals surface area (Å²) in [5.74, 6) is 0.694. The Bertz CT molecular complexity index is 369. The highest BCUT2D eigenvalue weighted by Crippen LogP contribution is 2.41.